The molecule has 0 radical (unpaired) electrons. The van der Waals surface area contributed by atoms with E-state index in [-0.39, 0.29) is 4.90 Å². The number of ether oxygens (including phenoxy) is 2. The molecule has 1 N–H and O–H groups in total. The van der Waals surface area contributed by atoms with E-state index in [1.54, 1.807) is 22.5 Å². The summed E-state index contributed by atoms with van der Waals surface area (Å²) in [7, 11) is -3.55. The number of fused-ring (bicyclic) bond motifs is 1. The molecule has 2 aromatic carbocycles. The quantitative estimate of drug-likeness (QED) is 0.811. The number of nitrogens with one attached hydrogen (secondary N) is 1. The maximum absolute atomic E-state index is 13.1. The number of sulfonamides is 1. The highest BCUT2D eigenvalue weighted by molar-refractivity contribution is 7.89. The number of halogens is 1. The lowest BCUT2D eigenvalue weighted by atomic mass is 10.2. The monoisotopic (exact) mass is 423 g/mol. The van der Waals surface area contributed by atoms with Crippen molar-refractivity contribution >= 4 is 21.6 Å². The fraction of sp³-hybridized carbons (Fsp3) is 0.400. The van der Waals surface area contributed by atoms with Crippen molar-refractivity contribution in [1.29, 1.82) is 0 Å². The highest BCUT2D eigenvalue weighted by atomic mass is 35.5. The lowest BCUT2D eigenvalue weighted by Gasteiger charge is -2.31. The van der Waals surface area contributed by atoms with Gasteiger partial charge in [0.25, 0.3) is 0 Å². The Morgan fingerprint density at radius 3 is 2.46 bits per heavy atom. The first kappa shape index (κ1) is 19.5. The molecule has 0 unspecified atom stereocenters. The van der Waals surface area contributed by atoms with Gasteiger partial charge in [0.1, 0.15) is 6.54 Å². The molecule has 8 heteroatoms. The van der Waals surface area contributed by atoms with Crippen molar-refractivity contribution in [2.45, 2.75) is 17.9 Å². The van der Waals surface area contributed by atoms with Gasteiger partial charge in [0, 0.05) is 23.1 Å². The van der Waals surface area contributed by atoms with Crippen molar-refractivity contribution in [1.82, 2.24) is 4.31 Å². The van der Waals surface area contributed by atoms with Crippen LogP contribution in [-0.2, 0) is 16.6 Å². The first-order chi connectivity index (χ1) is 13.5. The summed E-state index contributed by atoms with van der Waals surface area (Å²) in [6, 6.07) is 12.7. The van der Waals surface area contributed by atoms with Crippen LogP contribution in [0.15, 0.2) is 47.4 Å². The maximum atomic E-state index is 13.1. The lowest BCUT2D eigenvalue weighted by Crippen LogP contribution is -3.13. The molecule has 0 amide bonds. The SMILES string of the molecule is O=S(=O)(c1ccc2c(c1)OCCCO2)N1CC[NH+](Cc2ccccc2Cl)CC1. The van der Waals surface area contributed by atoms with Gasteiger partial charge in [-0.1, -0.05) is 29.8 Å². The first-order valence-electron chi connectivity index (χ1n) is 9.51. The van der Waals surface area contributed by atoms with E-state index in [9.17, 15) is 8.42 Å². The van der Waals surface area contributed by atoms with E-state index in [0.29, 0.717) is 37.8 Å². The smallest absolute Gasteiger partial charge is 0.243 e. The average molecular weight is 424 g/mol. The Bertz CT molecular complexity index is 943. The van der Waals surface area contributed by atoms with E-state index in [1.807, 2.05) is 24.3 Å². The van der Waals surface area contributed by atoms with Crippen molar-refractivity contribution in [3.63, 3.8) is 0 Å². The largest absolute Gasteiger partial charge is 0.490 e. The van der Waals surface area contributed by atoms with Gasteiger partial charge < -0.3 is 14.4 Å². The molecule has 6 nitrogen and oxygen atoms in total. The second-order valence-corrected chi connectivity index (χ2v) is 9.43. The predicted octanol–water partition coefficient (Wildman–Crippen LogP) is 1.59. The molecule has 2 aliphatic heterocycles. The zero-order valence-electron chi connectivity index (χ0n) is 15.6. The van der Waals surface area contributed by atoms with Gasteiger partial charge in [0.15, 0.2) is 11.5 Å². The topological polar surface area (TPSA) is 60.3 Å². The molecule has 150 valence electrons. The van der Waals surface area contributed by atoms with Gasteiger partial charge in [-0.05, 0) is 18.2 Å². The number of benzene rings is 2. The van der Waals surface area contributed by atoms with E-state index in [2.05, 4.69) is 0 Å². The van der Waals surface area contributed by atoms with Gasteiger partial charge in [-0.2, -0.15) is 4.31 Å². The fourth-order valence-electron chi connectivity index (χ4n) is 3.58. The second kappa shape index (κ2) is 8.29. The highest BCUT2D eigenvalue weighted by Gasteiger charge is 2.31. The van der Waals surface area contributed by atoms with Crippen molar-refractivity contribution in [2.24, 2.45) is 0 Å². The zero-order chi connectivity index (χ0) is 19.6. The summed E-state index contributed by atoms with van der Waals surface area (Å²) in [5.41, 5.74) is 1.10. The summed E-state index contributed by atoms with van der Waals surface area (Å²) in [5, 5.41) is 0.761. The lowest BCUT2D eigenvalue weighted by molar-refractivity contribution is -0.917. The molecule has 4 rings (SSSR count). The minimum Gasteiger partial charge on any atom is -0.490 e. The van der Waals surface area contributed by atoms with Crippen molar-refractivity contribution in [3.05, 3.63) is 53.1 Å². The van der Waals surface area contributed by atoms with Crippen LogP contribution in [0, 0.1) is 0 Å². The molecule has 0 spiro atoms. The van der Waals surface area contributed by atoms with Crippen molar-refractivity contribution < 1.29 is 22.8 Å². The van der Waals surface area contributed by atoms with Gasteiger partial charge in [-0.15, -0.1) is 0 Å². The Kier molecular flexibility index (Phi) is 5.78. The molecule has 1 fully saturated rings. The molecule has 1 saturated heterocycles. The van der Waals surface area contributed by atoms with Crippen molar-refractivity contribution in [3.8, 4) is 11.5 Å². The van der Waals surface area contributed by atoms with Crippen LogP contribution >= 0.6 is 11.6 Å². The van der Waals surface area contributed by atoms with Gasteiger partial charge in [-0.3, -0.25) is 0 Å². The van der Waals surface area contributed by atoms with Gasteiger partial charge >= 0.3 is 0 Å². The Balaban J connectivity index is 1.44. The molecule has 0 bridgehead atoms. The highest BCUT2D eigenvalue weighted by Crippen LogP contribution is 2.32. The number of hydrogen-bond acceptors (Lipinski definition) is 4. The van der Waals surface area contributed by atoms with Gasteiger partial charge in [-0.25, -0.2) is 8.42 Å². The molecule has 2 heterocycles. The number of piperazine rings is 1. The van der Waals surface area contributed by atoms with Crippen LogP contribution in [0.25, 0.3) is 0 Å². The summed E-state index contributed by atoms with van der Waals surface area (Å²) in [4.78, 5) is 1.59. The third kappa shape index (κ3) is 4.12. The van der Waals surface area contributed by atoms with Crippen LogP contribution in [0.3, 0.4) is 0 Å². The Labute approximate surface area is 170 Å². The van der Waals surface area contributed by atoms with Crippen LogP contribution in [-0.4, -0.2) is 52.1 Å². The maximum Gasteiger partial charge on any atom is 0.243 e. The van der Waals surface area contributed by atoms with Crippen LogP contribution in [0.5, 0.6) is 11.5 Å². The first-order valence-corrected chi connectivity index (χ1v) is 11.3. The van der Waals surface area contributed by atoms with E-state index >= 15 is 0 Å². The molecule has 0 saturated carbocycles. The molecular weight excluding hydrogens is 400 g/mol. The normalized spacial score (nSPS) is 18.6. The Morgan fingerprint density at radius 1 is 1.00 bits per heavy atom. The second-order valence-electron chi connectivity index (χ2n) is 7.08. The predicted molar refractivity (Wildman–Crippen MR) is 107 cm³/mol. The number of quaternary nitrogens is 1. The Morgan fingerprint density at radius 2 is 1.71 bits per heavy atom. The molecule has 2 aromatic rings. The fourth-order valence-corrected chi connectivity index (χ4v) is 5.24. The van der Waals surface area contributed by atoms with Gasteiger partial charge in [0.05, 0.1) is 44.3 Å². The van der Waals surface area contributed by atoms with Crippen LogP contribution < -0.4 is 14.4 Å². The third-order valence-corrected chi connectivity index (χ3v) is 7.45. The summed E-state index contributed by atoms with van der Waals surface area (Å²) >= 11 is 6.25. The number of rotatable bonds is 4. The van der Waals surface area contributed by atoms with Crippen LogP contribution in [0.1, 0.15) is 12.0 Å². The summed E-state index contributed by atoms with van der Waals surface area (Å²) in [6.45, 7) is 4.37. The van der Waals surface area contributed by atoms with Crippen LogP contribution in [0.4, 0.5) is 0 Å². The number of hydrogen-bond donors (Lipinski definition) is 1. The molecule has 0 atom stereocenters. The average Bonchev–Trinajstić information content (AvgIpc) is 2.95. The summed E-state index contributed by atoms with van der Waals surface area (Å²) < 4.78 is 38.9. The minimum atomic E-state index is -3.55. The zero-order valence-corrected chi connectivity index (χ0v) is 17.1. The third-order valence-electron chi connectivity index (χ3n) is 5.18. The summed E-state index contributed by atoms with van der Waals surface area (Å²) in [6.07, 6.45) is 0.785. The van der Waals surface area contributed by atoms with E-state index < -0.39 is 10.0 Å². The van der Waals surface area contributed by atoms with E-state index in [1.165, 1.54) is 4.90 Å². The molecular formula is C20H24ClN2O4S+. The molecule has 28 heavy (non-hydrogen) atoms. The van der Waals surface area contributed by atoms with Crippen molar-refractivity contribution in [2.75, 3.05) is 39.4 Å². The Hall–Kier alpha value is -1.80. The molecule has 0 aliphatic carbocycles. The molecule has 0 aromatic heterocycles. The van der Waals surface area contributed by atoms with Gasteiger partial charge in [0.2, 0.25) is 10.0 Å². The standard InChI is InChI=1S/C20H23ClN2O4S/c21-18-5-2-1-4-16(18)15-22-8-10-23(11-9-22)28(24,25)17-6-7-19-20(14-17)27-13-3-12-26-19/h1-2,4-7,14H,3,8-13,15H2/p+1. The van der Waals surface area contributed by atoms with E-state index in [4.69, 9.17) is 21.1 Å². The number of nitrogens with zero attached hydrogens (tertiary/aromatic N) is 1. The summed E-state index contributed by atoms with van der Waals surface area (Å²) in [5.74, 6) is 1.10. The van der Waals surface area contributed by atoms with E-state index in [0.717, 1.165) is 36.6 Å². The minimum absolute atomic E-state index is 0.256. The molecule has 2 aliphatic rings. The van der Waals surface area contributed by atoms with Crippen LogP contribution in [0.2, 0.25) is 5.02 Å².